The van der Waals surface area contributed by atoms with Crippen molar-refractivity contribution in [2.45, 2.75) is 55.6 Å². The van der Waals surface area contributed by atoms with Crippen molar-refractivity contribution in [1.82, 2.24) is 10.2 Å². The van der Waals surface area contributed by atoms with Gasteiger partial charge in [-0.15, -0.1) is 0 Å². The lowest BCUT2D eigenvalue weighted by molar-refractivity contribution is -0.140. The van der Waals surface area contributed by atoms with Crippen LogP contribution in [-0.2, 0) is 32.6 Å². The van der Waals surface area contributed by atoms with Gasteiger partial charge in [-0.1, -0.05) is 91.7 Å². The van der Waals surface area contributed by atoms with Crippen molar-refractivity contribution in [2.24, 2.45) is 0 Å². The number of anilines is 1. The van der Waals surface area contributed by atoms with Gasteiger partial charge in [0.1, 0.15) is 24.1 Å². The van der Waals surface area contributed by atoms with Crippen molar-refractivity contribution in [2.75, 3.05) is 25.1 Å². The molecular weight excluding hydrogens is 614 g/mol. The topological polar surface area (TPSA) is 105 Å². The third-order valence-electron chi connectivity index (χ3n) is 8.43. The molecule has 9 nitrogen and oxygen atoms in total. The number of nitrogens with one attached hydrogen (secondary N) is 1. The first kappa shape index (κ1) is 33.5. The monoisotopic (exact) mass is 655 g/mol. The number of carbonyl (C=O) groups is 2. The van der Waals surface area contributed by atoms with E-state index in [0.717, 1.165) is 41.1 Å². The van der Waals surface area contributed by atoms with Crippen LogP contribution >= 0.6 is 0 Å². The van der Waals surface area contributed by atoms with Gasteiger partial charge in [-0.05, 0) is 48.2 Å². The molecule has 0 aliphatic heterocycles. The average Bonchev–Trinajstić information content (AvgIpc) is 3.62. The summed E-state index contributed by atoms with van der Waals surface area (Å²) in [5, 5.41) is 3.19. The Hall–Kier alpha value is -4.83. The molecule has 1 N–H and O–H groups in total. The molecule has 0 heterocycles. The van der Waals surface area contributed by atoms with Crippen LogP contribution in [-0.4, -0.2) is 58.0 Å². The second kappa shape index (κ2) is 15.6. The molecule has 1 fully saturated rings. The molecule has 0 radical (unpaired) electrons. The number of methoxy groups -OCH3 is 2. The molecule has 4 aromatic rings. The van der Waals surface area contributed by atoms with Crippen LogP contribution in [0.25, 0.3) is 0 Å². The highest BCUT2D eigenvalue weighted by molar-refractivity contribution is 7.92. The minimum Gasteiger partial charge on any atom is -0.497 e. The molecule has 1 unspecified atom stereocenters. The van der Waals surface area contributed by atoms with E-state index in [-0.39, 0.29) is 41.2 Å². The summed E-state index contributed by atoms with van der Waals surface area (Å²) in [6.45, 7) is -0.487. The zero-order valence-corrected chi connectivity index (χ0v) is 27.6. The number of hydrogen-bond acceptors (Lipinski definition) is 6. The Morgan fingerprint density at radius 1 is 0.809 bits per heavy atom. The molecule has 5 rings (SSSR count). The lowest BCUT2D eigenvalue weighted by atomic mass is 10.0. The molecule has 47 heavy (non-hydrogen) atoms. The first-order valence-electron chi connectivity index (χ1n) is 15.8. The summed E-state index contributed by atoms with van der Waals surface area (Å²) >= 11 is 0. The van der Waals surface area contributed by atoms with Gasteiger partial charge in [0.2, 0.25) is 11.8 Å². The van der Waals surface area contributed by atoms with E-state index in [9.17, 15) is 18.0 Å². The van der Waals surface area contributed by atoms with E-state index >= 15 is 0 Å². The first-order valence-corrected chi connectivity index (χ1v) is 17.2. The minimum atomic E-state index is -4.29. The largest absolute Gasteiger partial charge is 0.497 e. The van der Waals surface area contributed by atoms with E-state index in [1.165, 1.54) is 37.3 Å². The van der Waals surface area contributed by atoms with Crippen molar-refractivity contribution < 1.29 is 27.5 Å². The van der Waals surface area contributed by atoms with Gasteiger partial charge in [-0.2, -0.15) is 0 Å². The zero-order chi connectivity index (χ0) is 33.2. The Bertz CT molecular complexity index is 1730. The number of carbonyl (C=O) groups excluding carboxylic acids is 2. The maximum atomic E-state index is 14.7. The second-order valence-corrected chi connectivity index (χ2v) is 13.4. The molecule has 0 aromatic heterocycles. The molecule has 0 saturated heterocycles. The van der Waals surface area contributed by atoms with Crippen molar-refractivity contribution in [3.63, 3.8) is 0 Å². The Labute approximate surface area is 277 Å². The molecule has 246 valence electrons. The highest BCUT2D eigenvalue weighted by Gasteiger charge is 2.36. The number of nitrogens with zero attached hydrogens (tertiary/aromatic N) is 2. The minimum absolute atomic E-state index is 0.00657. The average molecular weight is 656 g/mol. The van der Waals surface area contributed by atoms with Crippen LogP contribution in [0.3, 0.4) is 0 Å². The number of benzene rings is 4. The quantitative estimate of drug-likeness (QED) is 0.190. The standard InChI is InChI=1S/C37H41N3O6S/c1-45-31-22-23-35(46-2)33(25-31)40(47(43,44)32-20-10-5-11-21-32)27-36(41)39(26-29-16-8-4-9-17-29)34(24-28-14-6-3-7-15-28)37(42)38-30-18-12-13-19-30/h3-11,14-17,20-23,25,30,34H,12-13,18-19,24,26-27H2,1-2H3,(H,38,42). The highest BCUT2D eigenvalue weighted by Crippen LogP contribution is 2.36. The van der Waals surface area contributed by atoms with Gasteiger partial charge in [-0.3, -0.25) is 13.9 Å². The van der Waals surface area contributed by atoms with E-state index in [2.05, 4.69) is 5.32 Å². The fourth-order valence-corrected chi connectivity index (χ4v) is 7.36. The first-order chi connectivity index (χ1) is 22.8. The van der Waals surface area contributed by atoms with Crippen LogP contribution in [0.5, 0.6) is 11.5 Å². The van der Waals surface area contributed by atoms with Crippen LogP contribution < -0.4 is 19.1 Å². The maximum absolute atomic E-state index is 14.7. The predicted octanol–water partition coefficient (Wildman–Crippen LogP) is 5.60. The lowest BCUT2D eigenvalue weighted by Crippen LogP contribution is -2.54. The second-order valence-electron chi connectivity index (χ2n) is 11.6. The van der Waals surface area contributed by atoms with Gasteiger partial charge >= 0.3 is 0 Å². The van der Waals surface area contributed by atoms with E-state index in [0.29, 0.717) is 5.75 Å². The molecule has 4 aromatic carbocycles. The third kappa shape index (κ3) is 8.31. The molecule has 2 amide bonds. The number of rotatable bonds is 14. The number of hydrogen-bond donors (Lipinski definition) is 1. The molecule has 0 spiro atoms. The summed E-state index contributed by atoms with van der Waals surface area (Å²) < 4.78 is 40.7. The summed E-state index contributed by atoms with van der Waals surface area (Å²) in [6.07, 6.45) is 4.10. The third-order valence-corrected chi connectivity index (χ3v) is 10.2. The fraction of sp³-hybridized carbons (Fsp3) is 0.297. The highest BCUT2D eigenvalue weighted by atomic mass is 32.2. The van der Waals surface area contributed by atoms with Crippen LogP contribution in [0.15, 0.2) is 114 Å². The van der Waals surface area contributed by atoms with Crippen molar-refractivity contribution >= 4 is 27.5 Å². The van der Waals surface area contributed by atoms with Gasteiger partial charge in [0.15, 0.2) is 0 Å². The van der Waals surface area contributed by atoms with Crippen LogP contribution in [0.2, 0.25) is 0 Å². The van der Waals surface area contributed by atoms with Crippen molar-refractivity contribution in [3.05, 3.63) is 120 Å². The fourth-order valence-electron chi connectivity index (χ4n) is 5.93. The van der Waals surface area contributed by atoms with Gasteiger partial charge in [0.25, 0.3) is 10.0 Å². The normalized spacial score (nSPS) is 13.8. The summed E-state index contributed by atoms with van der Waals surface area (Å²) in [7, 11) is -1.37. The van der Waals surface area contributed by atoms with Gasteiger partial charge in [-0.25, -0.2) is 8.42 Å². The Morgan fingerprint density at radius 2 is 1.40 bits per heavy atom. The van der Waals surface area contributed by atoms with Crippen molar-refractivity contribution in [1.29, 1.82) is 0 Å². The van der Waals surface area contributed by atoms with E-state index in [4.69, 9.17) is 9.47 Å². The number of sulfonamides is 1. The molecule has 10 heteroatoms. The lowest BCUT2D eigenvalue weighted by Gasteiger charge is -2.34. The summed E-state index contributed by atoms with van der Waals surface area (Å²) in [6, 6.07) is 30.8. The van der Waals surface area contributed by atoms with Gasteiger partial charge < -0.3 is 19.7 Å². The Balaban J connectivity index is 1.60. The van der Waals surface area contributed by atoms with E-state index in [1.54, 1.807) is 30.3 Å². The number of ether oxygens (including phenoxy) is 2. The van der Waals surface area contributed by atoms with Crippen LogP contribution in [0.4, 0.5) is 5.69 Å². The number of amides is 2. The summed E-state index contributed by atoms with van der Waals surface area (Å²) in [5.41, 5.74) is 1.83. The van der Waals surface area contributed by atoms with Crippen LogP contribution in [0, 0.1) is 0 Å². The molecule has 1 aliphatic rings. The van der Waals surface area contributed by atoms with Crippen LogP contribution in [0.1, 0.15) is 36.8 Å². The van der Waals surface area contributed by atoms with Gasteiger partial charge in [0, 0.05) is 25.1 Å². The SMILES string of the molecule is COc1ccc(OC)c(N(CC(=O)N(Cc2ccccc2)C(Cc2ccccc2)C(=O)NC2CCCC2)S(=O)(=O)c2ccccc2)c1. The Kier molecular flexibility index (Phi) is 11.2. The molecular formula is C37H41N3O6S. The van der Waals surface area contributed by atoms with Crippen molar-refractivity contribution in [3.8, 4) is 11.5 Å². The maximum Gasteiger partial charge on any atom is 0.264 e. The van der Waals surface area contributed by atoms with Gasteiger partial charge in [0.05, 0.1) is 24.8 Å². The predicted molar refractivity (Wildman–Crippen MR) is 182 cm³/mol. The van der Waals surface area contributed by atoms with E-state index in [1.807, 2.05) is 60.7 Å². The summed E-state index contributed by atoms with van der Waals surface area (Å²) in [5.74, 6) is -0.171. The smallest absolute Gasteiger partial charge is 0.264 e. The molecule has 0 bridgehead atoms. The Morgan fingerprint density at radius 3 is 2.00 bits per heavy atom. The molecule has 1 atom stereocenters. The summed E-state index contributed by atoms with van der Waals surface area (Å²) in [4.78, 5) is 30.3. The zero-order valence-electron chi connectivity index (χ0n) is 26.7. The van der Waals surface area contributed by atoms with E-state index < -0.39 is 28.5 Å². The molecule has 1 aliphatic carbocycles. The molecule has 1 saturated carbocycles.